The molecule has 0 unspecified atom stereocenters. The summed E-state index contributed by atoms with van der Waals surface area (Å²) in [7, 11) is 0. The second-order valence-corrected chi connectivity index (χ2v) is 3.49. The number of rotatable bonds is 3. The molecule has 1 aliphatic heterocycles. The molecule has 1 fully saturated rings. The van der Waals surface area contributed by atoms with Gasteiger partial charge < -0.3 is 4.84 Å². The molecule has 0 amide bonds. The van der Waals surface area contributed by atoms with E-state index < -0.39 is 0 Å². The Balaban J connectivity index is 2.02. The van der Waals surface area contributed by atoms with E-state index >= 15 is 0 Å². The van der Waals surface area contributed by atoms with E-state index in [4.69, 9.17) is 5.90 Å². The van der Waals surface area contributed by atoms with E-state index in [1.807, 2.05) is 6.26 Å². The van der Waals surface area contributed by atoms with Crippen LogP contribution in [0.1, 0.15) is 0 Å². The van der Waals surface area contributed by atoms with Crippen molar-refractivity contribution in [2.45, 2.75) is 0 Å². The molecule has 0 aliphatic carbocycles. The van der Waals surface area contributed by atoms with Crippen LogP contribution in [-0.2, 0) is 4.84 Å². The summed E-state index contributed by atoms with van der Waals surface area (Å²) in [5.41, 5.74) is 0. The second-order valence-electron chi connectivity index (χ2n) is 2.88. The Hall–Kier alpha value is -0.210. The fourth-order valence-electron chi connectivity index (χ4n) is 1.26. The topological polar surface area (TPSA) is 38.5 Å². The largest absolute Gasteiger partial charge is 0.304 e. The number of hydrogen-bond acceptors (Lipinski definition) is 4. The first-order chi connectivity index (χ1) is 5.86. The van der Waals surface area contributed by atoms with E-state index in [2.05, 4.69) is 20.9 Å². The van der Waals surface area contributed by atoms with Gasteiger partial charge in [0.2, 0.25) is 0 Å². The summed E-state index contributed by atoms with van der Waals surface area (Å²) in [4.78, 5) is 6.84. The smallest absolute Gasteiger partial charge is 0.0731 e. The molecule has 0 aromatic rings. The van der Waals surface area contributed by atoms with E-state index in [-0.39, 0.29) is 0 Å². The maximum Gasteiger partial charge on any atom is 0.0731 e. The van der Waals surface area contributed by atoms with Gasteiger partial charge in [0.1, 0.15) is 0 Å². The number of nitrogens with two attached hydrogens (primary N) is 1. The number of likely N-dealkylation sites (tertiary alicyclic amines) is 1. The van der Waals surface area contributed by atoms with E-state index in [0.29, 0.717) is 12.5 Å². The first-order valence-corrected chi connectivity index (χ1v) is 5.14. The Labute approximate surface area is 77.6 Å². The van der Waals surface area contributed by atoms with Crippen molar-refractivity contribution in [1.29, 1.82) is 0 Å². The number of hydrogen-bond donors (Lipinski definition) is 1. The zero-order chi connectivity index (χ0) is 8.81. The van der Waals surface area contributed by atoms with Crippen molar-refractivity contribution in [3.63, 3.8) is 0 Å². The van der Waals surface area contributed by atoms with Crippen LogP contribution in [0.4, 0.5) is 0 Å². The van der Waals surface area contributed by atoms with E-state index in [9.17, 15) is 0 Å². The summed E-state index contributed by atoms with van der Waals surface area (Å²) < 4.78 is 0. The maximum absolute atomic E-state index is 4.96. The van der Waals surface area contributed by atoms with Crippen molar-refractivity contribution in [2.24, 2.45) is 11.8 Å². The minimum atomic E-state index is 0.617. The van der Waals surface area contributed by atoms with Gasteiger partial charge in [-0.3, -0.25) is 4.90 Å². The third-order valence-corrected chi connectivity index (χ3v) is 2.19. The average molecular weight is 186 g/mol. The monoisotopic (exact) mass is 186 g/mol. The molecule has 0 atom stereocenters. The van der Waals surface area contributed by atoms with Crippen LogP contribution in [0.5, 0.6) is 0 Å². The minimum absolute atomic E-state index is 0.617. The zero-order valence-corrected chi connectivity index (χ0v) is 8.06. The lowest BCUT2D eigenvalue weighted by atomic mass is 10.0. The van der Waals surface area contributed by atoms with Gasteiger partial charge in [-0.25, -0.2) is 5.90 Å². The predicted molar refractivity (Wildman–Crippen MR) is 51.4 cm³/mol. The second kappa shape index (κ2) is 5.44. The van der Waals surface area contributed by atoms with E-state index in [0.717, 1.165) is 19.6 Å². The molecule has 1 heterocycles. The quantitative estimate of drug-likeness (QED) is 0.502. The van der Waals surface area contributed by atoms with Gasteiger partial charge in [0, 0.05) is 19.0 Å². The molecular formula is C8H14N2OS. The molecule has 0 spiro atoms. The van der Waals surface area contributed by atoms with Gasteiger partial charge in [-0.2, -0.15) is 0 Å². The first-order valence-electron chi connectivity index (χ1n) is 3.91. The van der Waals surface area contributed by atoms with E-state index in [1.54, 1.807) is 11.8 Å². The Morgan fingerprint density at radius 1 is 1.67 bits per heavy atom. The lowest BCUT2D eigenvalue weighted by Crippen LogP contribution is -2.48. The van der Waals surface area contributed by atoms with E-state index in [1.165, 1.54) is 0 Å². The summed E-state index contributed by atoms with van der Waals surface area (Å²) in [5, 5.41) is 2.96. The molecule has 0 bridgehead atoms. The molecule has 0 aromatic carbocycles. The van der Waals surface area contributed by atoms with Crippen LogP contribution in [0.3, 0.4) is 0 Å². The molecule has 1 aliphatic rings. The van der Waals surface area contributed by atoms with Crippen LogP contribution < -0.4 is 5.90 Å². The summed E-state index contributed by atoms with van der Waals surface area (Å²) in [6.45, 7) is 3.69. The minimum Gasteiger partial charge on any atom is -0.304 e. The first kappa shape index (κ1) is 9.87. The highest BCUT2D eigenvalue weighted by atomic mass is 32.2. The van der Waals surface area contributed by atoms with Crippen LogP contribution in [-0.4, -0.2) is 37.4 Å². The van der Waals surface area contributed by atoms with Gasteiger partial charge in [0.25, 0.3) is 0 Å². The third kappa shape index (κ3) is 3.03. The Bertz CT molecular complexity index is 181. The molecule has 0 saturated carbocycles. The third-order valence-electron chi connectivity index (χ3n) is 1.84. The average Bonchev–Trinajstić information content (AvgIpc) is 2.00. The van der Waals surface area contributed by atoms with Gasteiger partial charge in [-0.05, 0) is 11.5 Å². The molecule has 0 aromatic heterocycles. The van der Waals surface area contributed by atoms with Crippen LogP contribution in [0.2, 0.25) is 0 Å². The normalized spacial score (nSPS) is 18.2. The summed E-state index contributed by atoms with van der Waals surface area (Å²) in [6.07, 6.45) is 1.98. The Morgan fingerprint density at radius 3 is 3.00 bits per heavy atom. The van der Waals surface area contributed by atoms with Gasteiger partial charge in [0.15, 0.2) is 0 Å². The van der Waals surface area contributed by atoms with Crippen molar-refractivity contribution in [3.8, 4) is 11.2 Å². The van der Waals surface area contributed by atoms with Crippen LogP contribution >= 0.6 is 11.8 Å². The van der Waals surface area contributed by atoms with Gasteiger partial charge in [0.05, 0.1) is 13.2 Å². The molecule has 3 nitrogen and oxygen atoms in total. The summed E-state index contributed by atoms with van der Waals surface area (Å²) in [6, 6.07) is 0. The predicted octanol–water partition coefficient (Wildman–Crippen LogP) is 0.132. The molecule has 68 valence electrons. The molecule has 12 heavy (non-hydrogen) atoms. The molecular weight excluding hydrogens is 172 g/mol. The standard InChI is InChI=1S/C8H14N2OS/c1-12-4-2-3-10-5-8(6-10)7-11-9/h8H,3,5-7,9H2,1H3. The highest BCUT2D eigenvalue weighted by Crippen LogP contribution is 2.13. The number of nitrogens with zero attached hydrogens (tertiary/aromatic N) is 1. The summed E-state index contributed by atoms with van der Waals surface area (Å²) >= 11 is 1.56. The molecule has 2 N–H and O–H groups in total. The van der Waals surface area contributed by atoms with Crippen LogP contribution in [0.15, 0.2) is 0 Å². The molecule has 0 radical (unpaired) electrons. The Kier molecular flexibility index (Phi) is 4.48. The highest BCUT2D eigenvalue weighted by Gasteiger charge is 2.25. The lowest BCUT2D eigenvalue weighted by Gasteiger charge is -2.37. The van der Waals surface area contributed by atoms with Crippen molar-refractivity contribution in [3.05, 3.63) is 0 Å². The van der Waals surface area contributed by atoms with Crippen LogP contribution in [0.25, 0.3) is 0 Å². The SMILES string of the molecule is CSC#CCN1CC(CON)C1. The van der Waals surface area contributed by atoms with Crippen molar-refractivity contribution >= 4 is 11.8 Å². The van der Waals surface area contributed by atoms with Crippen LogP contribution in [0, 0.1) is 17.1 Å². The maximum atomic E-state index is 4.96. The summed E-state index contributed by atoms with van der Waals surface area (Å²) in [5.74, 6) is 8.64. The fraction of sp³-hybridized carbons (Fsp3) is 0.750. The van der Waals surface area contributed by atoms with Crippen molar-refractivity contribution in [1.82, 2.24) is 4.90 Å². The molecule has 1 rings (SSSR count). The number of thioether (sulfide) groups is 1. The highest BCUT2D eigenvalue weighted by molar-refractivity contribution is 8.03. The van der Waals surface area contributed by atoms with Crippen molar-refractivity contribution < 1.29 is 4.84 Å². The lowest BCUT2D eigenvalue weighted by molar-refractivity contribution is 0.0212. The zero-order valence-electron chi connectivity index (χ0n) is 7.25. The van der Waals surface area contributed by atoms with Gasteiger partial charge in [-0.15, -0.1) is 0 Å². The van der Waals surface area contributed by atoms with Gasteiger partial charge in [-0.1, -0.05) is 17.7 Å². The molecule has 4 heteroatoms. The van der Waals surface area contributed by atoms with Gasteiger partial charge >= 0.3 is 0 Å². The molecule has 1 saturated heterocycles. The van der Waals surface area contributed by atoms with Crippen molar-refractivity contribution in [2.75, 3.05) is 32.5 Å². The fourth-order valence-corrected chi connectivity index (χ4v) is 1.47. The Morgan fingerprint density at radius 2 is 2.42 bits per heavy atom.